The molecular formula is C16H25N3O3S. The largest absolute Gasteiger partial charge is 0.355 e. The third-order valence-corrected chi connectivity index (χ3v) is 5.76. The highest BCUT2D eigenvalue weighted by Crippen LogP contribution is 2.15. The van der Waals surface area contributed by atoms with Gasteiger partial charge in [-0.05, 0) is 50.6 Å². The summed E-state index contributed by atoms with van der Waals surface area (Å²) in [6, 6.07) is 6.45. The molecule has 0 spiro atoms. The van der Waals surface area contributed by atoms with Crippen molar-refractivity contribution in [2.75, 3.05) is 26.7 Å². The summed E-state index contributed by atoms with van der Waals surface area (Å²) in [4.78, 5) is 14.0. The van der Waals surface area contributed by atoms with E-state index in [1.54, 1.807) is 0 Å². The number of likely N-dealkylation sites (tertiary alicyclic amines) is 1. The van der Waals surface area contributed by atoms with Crippen LogP contribution in [0.25, 0.3) is 0 Å². The number of nitrogens with zero attached hydrogens (tertiary/aromatic N) is 1. The Labute approximate surface area is 138 Å². The van der Waals surface area contributed by atoms with E-state index in [9.17, 15) is 13.2 Å². The molecule has 1 heterocycles. The zero-order chi connectivity index (χ0) is 16.9. The summed E-state index contributed by atoms with van der Waals surface area (Å²) in [6.07, 6.45) is 3.60. The van der Waals surface area contributed by atoms with Gasteiger partial charge in [0.1, 0.15) is 0 Å². The maximum atomic E-state index is 12.3. The predicted molar refractivity (Wildman–Crippen MR) is 89.9 cm³/mol. The number of carbonyl (C=O) groups excluding carboxylic acids is 1. The summed E-state index contributed by atoms with van der Waals surface area (Å²) in [5.74, 6) is -0.235. The fourth-order valence-corrected chi connectivity index (χ4v) is 3.85. The van der Waals surface area contributed by atoms with Gasteiger partial charge in [-0.25, -0.2) is 13.1 Å². The number of nitrogens with one attached hydrogen (secondary N) is 2. The highest BCUT2D eigenvalue weighted by atomic mass is 32.2. The number of piperidine rings is 1. The number of benzene rings is 1. The van der Waals surface area contributed by atoms with Gasteiger partial charge < -0.3 is 5.32 Å². The standard InChI is InChI=1S/C16H25N3O3S/c1-13-5-3-4-11-19(13)12-10-18-23(21,22)15-8-6-14(7-9-15)16(20)17-2/h6-9,13,18H,3-5,10-12H2,1-2H3,(H,17,20)/t13-/m0/s1. The van der Waals surface area contributed by atoms with Crippen LogP contribution < -0.4 is 10.0 Å². The summed E-state index contributed by atoms with van der Waals surface area (Å²) in [7, 11) is -2.00. The Hall–Kier alpha value is -1.44. The molecule has 1 saturated heterocycles. The number of carbonyl (C=O) groups is 1. The molecule has 0 aromatic heterocycles. The van der Waals surface area contributed by atoms with Crippen LogP contribution in [0.5, 0.6) is 0 Å². The van der Waals surface area contributed by atoms with Gasteiger partial charge in [0.05, 0.1) is 4.90 Å². The molecular weight excluding hydrogens is 314 g/mol. The van der Waals surface area contributed by atoms with Crippen molar-refractivity contribution in [2.24, 2.45) is 0 Å². The topological polar surface area (TPSA) is 78.5 Å². The monoisotopic (exact) mass is 339 g/mol. The molecule has 1 amide bonds. The molecule has 0 aliphatic carbocycles. The second kappa shape index (κ2) is 7.90. The molecule has 0 unspecified atom stereocenters. The second-order valence-electron chi connectivity index (χ2n) is 5.88. The van der Waals surface area contributed by atoms with Crippen LogP contribution in [0.4, 0.5) is 0 Å². The van der Waals surface area contributed by atoms with Crippen molar-refractivity contribution in [1.29, 1.82) is 0 Å². The third-order valence-electron chi connectivity index (χ3n) is 4.29. The van der Waals surface area contributed by atoms with Gasteiger partial charge in [-0.15, -0.1) is 0 Å². The number of hydrogen-bond acceptors (Lipinski definition) is 4. The lowest BCUT2D eigenvalue weighted by atomic mass is 10.0. The van der Waals surface area contributed by atoms with Crippen molar-refractivity contribution in [2.45, 2.75) is 37.1 Å². The highest BCUT2D eigenvalue weighted by Gasteiger charge is 2.19. The van der Waals surface area contributed by atoms with Crippen LogP contribution >= 0.6 is 0 Å². The summed E-state index contributed by atoms with van der Waals surface area (Å²) in [5, 5.41) is 2.50. The van der Waals surface area contributed by atoms with Gasteiger partial charge in [0.25, 0.3) is 5.91 Å². The van der Waals surface area contributed by atoms with E-state index in [1.165, 1.54) is 50.6 Å². The van der Waals surface area contributed by atoms with Gasteiger partial charge >= 0.3 is 0 Å². The quantitative estimate of drug-likeness (QED) is 0.816. The molecule has 1 atom stereocenters. The summed E-state index contributed by atoms with van der Waals surface area (Å²) >= 11 is 0. The van der Waals surface area contributed by atoms with E-state index in [0.29, 0.717) is 18.2 Å². The smallest absolute Gasteiger partial charge is 0.251 e. The highest BCUT2D eigenvalue weighted by molar-refractivity contribution is 7.89. The van der Waals surface area contributed by atoms with Gasteiger partial charge in [-0.3, -0.25) is 9.69 Å². The van der Waals surface area contributed by atoms with E-state index >= 15 is 0 Å². The Balaban J connectivity index is 1.92. The Kier molecular flexibility index (Phi) is 6.15. The molecule has 6 nitrogen and oxygen atoms in total. The fraction of sp³-hybridized carbons (Fsp3) is 0.562. The molecule has 1 fully saturated rings. The molecule has 2 N–H and O–H groups in total. The molecule has 7 heteroatoms. The maximum absolute atomic E-state index is 12.3. The van der Waals surface area contributed by atoms with Crippen LogP contribution in [-0.4, -0.2) is 51.9 Å². The molecule has 1 aliphatic rings. The lowest BCUT2D eigenvalue weighted by Crippen LogP contribution is -2.42. The van der Waals surface area contributed by atoms with Crippen molar-refractivity contribution < 1.29 is 13.2 Å². The molecule has 1 aromatic carbocycles. The first-order valence-corrected chi connectivity index (χ1v) is 9.48. The number of rotatable bonds is 6. The summed E-state index contributed by atoms with van der Waals surface area (Å²) < 4.78 is 27.2. The van der Waals surface area contributed by atoms with Crippen molar-refractivity contribution in [3.8, 4) is 0 Å². The molecule has 0 radical (unpaired) electrons. The molecule has 2 rings (SSSR count). The van der Waals surface area contributed by atoms with Gasteiger partial charge in [-0.2, -0.15) is 0 Å². The van der Waals surface area contributed by atoms with Crippen molar-refractivity contribution >= 4 is 15.9 Å². The number of sulfonamides is 1. The Bertz CT molecular complexity index is 628. The first-order valence-electron chi connectivity index (χ1n) is 8.00. The van der Waals surface area contributed by atoms with Crippen LogP contribution in [0, 0.1) is 0 Å². The van der Waals surface area contributed by atoms with Crippen LogP contribution in [0.2, 0.25) is 0 Å². The first kappa shape index (κ1) is 17.9. The summed E-state index contributed by atoms with van der Waals surface area (Å²) in [6.45, 7) is 4.33. The average Bonchev–Trinajstić information content (AvgIpc) is 2.56. The van der Waals surface area contributed by atoms with Crippen LogP contribution in [0.15, 0.2) is 29.2 Å². The van der Waals surface area contributed by atoms with Gasteiger partial charge in [-0.1, -0.05) is 6.42 Å². The van der Waals surface area contributed by atoms with E-state index in [2.05, 4.69) is 21.9 Å². The first-order chi connectivity index (χ1) is 10.9. The minimum atomic E-state index is -3.54. The molecule has 0 saturated carbocycles. The molecule has 1 aromatic rings. The molecule has 128 valence electrons. The minimum Gasteiger partial charge on any atom is -0.355 e. The minimum absolute atomic E-state index is 0.178. The molecule has 23 heavy (non-hydrogen) atoms. The third kappa shape index (κ3) is 4.76. The Morgan fingerprint density at radius 2 is 1.96 bits per heavy atom. The SMILES string of the molecule is CNC(=O)c1ccc(S(=O)(=O)NCCN2CCCC[C@@H]2C)cc1. The number of hydrogen-bond donors (Lipinski definition) is 2. The average molecular weight is 339 g/mol. The van der Waals surface area contributed by atoms with E-state index in [4.69, 9.17) is 0 Å². The lowest BCUT2D eigenvalue weighted by Gasteiger charge is -2.33. The van der Waals surface area contributed by atoms with Crippen LogP contribution in [0.3, 0.4) is 0 Å². The molecule has 1 aliphatic heterocycles. The zero-order valence-corrected chi connectivity index (χ0v) is 14.5. The lowest BCUT2D eigenvalue weighted by molar-refractivity contribution is 0.0963. The Morgan fingerprint density at radius 3 is 2.57 bits per heavy atom. The van der Waals surface area contributed by atoms with Gasteiger partial charge in [0, 0.05) is 31.7 Å². The predicted octanol–water partition coefficient (Wildman–Crippen LogP) is 1.20. The zero-order valence-electron chi connectivity index (χ0n) is 13.7. The Morgan fingerprint density at radius 1 is 1.26 bits per heavy atom. The van der Waals surface area contributed by atoms with E-state index in [1.807, 2.05) is 0 Å². The number of amides is 1. The van der Waals surface area contributed by atoms with E-state index in [0.717, 1.165) is 13.1 Å². The van der Waals surface area contributed by atoms with Crippen LogP contribution in [-0.2, 0) is 10.0 Å². The van der Waals surface area contributed by atoms with Crippen molar-refractivity contribution in [3.63, 3.8) is 0 Å². The normalized spacial score (nSPS) is 19.5. The second-order valence-corrected chi connectivity index (χ2v) is 7.65. The summed E-state index contributed by atoms with van der Waals surface area (Å²) in [5.41, 5.74) is 0.439. The van der Waals surface area contributed by atoms with E-state index < -0.39 is 10.0 Å². The van der Waals surface area contributed by atoms with E-state index in [-0.39, 0.29) is 10.8 Å². The van der Waals surface area contributed by atoms with Crippen molar-refractivity contribution in [3.05, 3.63) is 29.8 Å². The van der Waals surface area contributed by atoms with Gasteiger partial charge in [0.2, 0.25) is 10.0 Å². The fourth-order valence-electron chi connectivity index (χ4n) is 2.83. The van der Waals surface area contributed by atoms with Crippen LogP contribution in [0.1, 0.15) is 36.5 Å². The van der Waals surface area contributed by atoms with Gasteiger partial charge in [0.15, 0.2) is 0 Å². The molecule has 0 bridgehead atoms. The maximum Gasteiger partial charge on any atom is 0.251 e. The van der Waals surface area contributed by atoms with Crippen molar-refractivity contribution in [1.82, 2.24) is 14.9 Å².